The largest absolute Gasteiger partial charge is 0.490 e. The van der Waals surface area contributed by atoms with Crippen molar-refractivity contribution in [2.75, 3.05) is 6.61 Å². The van der Waals surface area contributed by atoms with Crippen LogP contribution in [0, 0.1) is 5.82 Å². The highest BCUT2D eigenvalue weighted by molar-refractivity contribution is 6.30. The van der Waals surface area contributed by atoms with E-state index in [4.69, 9.17) is 13.9 Å². The van der Waals surface area contributed by atoms with Crippen LogP contribution in [0.5, 0.6) is 11.5 Å². The lowest BCUT2D eigenvalue weighted by molar-refractivity contribution is -0.130. The fourth-order valence-electron chi connectivity index (χ4n) is 3.31. The zero-order valence-corrected chi connectivity index (χ0v) is 18.2. The van der Waals surface area contributed by atoms with E-state index < -0.39 is 17.8 Å². The number of hydrogen-bond donors (Lipinski definition) is 1. The molecule has 34 heavy (non-hydrogen) atoms. The van der Waals surface area contributed by atoms with E-state index in [1.807, 2.05) is 6.92 Å². The number of nitrogens with zero attached hydrogens (tertiary/aromatic N) is 1. The smallest absolute Gasteiger partial charge is 0.331 e. The highest BCUT2D eigenvalue weighted by atomic mass is 19.1. The van der Waals surface area contributed by atoms with E-state index in [9.17, 15) is 18.8 Å². The Hall–Kier alpha value is -4.40. The van der Waals surface area contributed by atoms with Crippen molar-refractivity contribution in [1.82, 2.24) is 10.2 Å². The Bertz CT molecular complexity index is 1230. The number of nitrogens with one attached hydrogen (secondary N) is 1. The van der Waals surface area contributed by atoms with E-state index in [0.717, 1.165) is 10.5 Å². The summed E-state index contributed by atoms with van der Waals surface area (Å²) in [6.07, 6.45) is 2.81. The molecule has 9 heteroatoms. The van der Waals surface area contributed by atoms with Gasteiger partial charge in [0.25, 0.3) is 11.8 Å². The lowest BCUT2D eigenvalue weighted by atomic mass is 10.1. The number of furan rings is 1. The van der Waals surface area contributed by atoms with E-state index in [-0.39, 0.29) is 24.5 Å². The number of imide groups is 2. The molecule has 0 aliphatic carbocycles. The highest BCUT2D eigenvalue weighted by Gasteiger charge is 2.36. The first-order valence-corrected chi connectivity index (χ1v) is 10.5. The number of barbiturate groups is 1. The van der Waals surface area contributed by atoms with Crippen molar-refractivity contribution >= 4 is 23.9 Å². The number of amides is 4. The van der Waals surface area contributed by atoms with Crippen LogP contribution in [0.2, 0.25) is 0 Å². The molecule has 4 amide bonds. The number of carbonyl (C=O) groups excluding carboxylic acids is 3. The molecule has 4 rings (SSSR count). The van der Waals surface area contributed by atoms with Crippen molar-refractivity contribution in [2.24, 2.45) is 0 Å². The summed E-state index contributed by atoms with van der Waals surface area (Å²) < 4.78 is 29.8. The summed E-state index contributed by atoms with van der Waals surface area (Å²) in [6.45, 7) is 2.26. The van der Waals surface area contributed by atoms with Crippen LogP contribution in [0.3, 0.4) is 0 Å². The van der Waals surface area contributed by atoms with Crippen LogP contribution >= 0.6 is 0 Å². The maximum Gasteiger partial charge on any atom is 0.331 e. The maximum absolute atomic E-state index is 13.1. The lowest BCUT2D eigenvalue weighted by Crippen LogP contribution is -2.53. The van der Waals surface area contributed by atoms with E-state index in [0.29, 0.717) is 29.4 Å². The van der Waals surface area contributed by atoms with E-state index in [2.05, 4.69) is 5.32 Å². The Kier molecular flexibility index (Phi) is 6.72. The van der Waals surface area contributed by atoms with E-state index in [1.165, 1.54) is 24.5 Å². The Labute approximate surface area is 194 Å². The van der Waals surface area contributed by atoms with Gasteiger partial charge < -0.3 is 13.9 Å². The minimum Gasteiger partial charge on any atom is -0.490 e. The van der Waals surface area contributed by atoms with Crippen LogP contribution in [-0.2, 0) is 22.7 Å². The molecule has 1 N–H and O–H groups in total. The van der Waals surface area contributed by atoms with Crippen molar-refractivity contribution < 1.29 is 32.7 Å². The zero-order valence-electron chi connectivity index (χ0n) is 18.2. The Morgan fingerprint density at radius 2 is 1.82 bits per heavy atom. The number of rotatable bonds is 8. The minimum atomic E-state index is -0.817. The second-order valence-corrected chi connectivity index (χ2v) is 7.34. The second kappa shape index (κ2) is 10.0. The van der Waals surface area contributed by atoms with Crippen LogP contribution < -0.4 is 14.8 Å². The van der Waals surface area contributed by atoms with Gasteiger partial charge in [0, 0.05) is 0 Å². The topological polar surface area (TPSA) is 98.1 Å². The quantitative estimate of drug-likeness (QED) is 0.399. The third kappa shape index (κ3) is 5.15. The van der Waals surface area contributed by atoms with Crippen LogP contribution in [0.25, 0.3) is 6.08 Å². The zero-order chi connectivity index (χ0) is 24.1. The Morgan fingerprint density at radius 1 is 1.03 bits per heavy atom. The summed E-state index contributed by atoms with van der Waals surface area (Å²) in [5, 5.41) is 2.17. The van der Waals surface area contributed by atoms with Gasteiger partial charge in [-0.05, 0) is 60.5 Å². The number of urea groups is 1. The van der Waals surface area contributed by atoms with Gasteiger partial charge in [0.15, 0.2) is 11.5 Å². The number of carbonyl (C=O) groups is 3. The highest BCUT2D eigenvalue weighted by Crippen LogP contribution is 2.30. The fourth-order valence-corrected chi connectivity index (χ4v) is 3.31. The molecule has 0 saturated carbocycles. The van der Waals surface area contributed by atoms with Gasteiger partial charge in [-0.15, -0.1) is 0 Å². The molecule has 1 saturated heterocycles. The van der Waals surface area contributed by atoms with Gasteiger partial charge in [0.1, 0.15) is 23.8 Å². The first kappa shape index (κ1) is 22.8. The second-order valence-electron chi connectivity index (χ2n) is 7.34. The molecular weight excluding hydrogens is 443 g/mol. The number of benzene rings is 2. The molecule has 1 fully saturated rings. The number of ether oxygens (including phenoxy) is 2. The van der Waals surface area contributed by atoms with Crippen LogP contribution in [0.1, 0.15) is 23.8 Å². The molecule has 1 aliphatic rings. The molecule has 0 atom stereocenters. The summed E-state index contributed by atoms with van der Waals surface area (Å²) in [4.78, 5) is 38.3. The van der Waals surface area contributed by atoms with Gasteiger partial charge >= 0.3 is 6.03 Å². The van der Waals surface area contributed by atoms with Gasteiger partial charge in [-0.3, -0.25) is 19.8 Å². The molecule has 2 aromatic carbocycles. The summed E-state index contributed by atoms with van der Waals surface area (Å²) in [5.41, 5.74) is 1.08. The van der Waals surface area contributed by atoms with Crippen molar-refractivity contribution in [3.05, 3.63) is 89.1 Å². The van der Waals surface area contributed by atoms with Crippen molar-refractivity contribution in [3.8, 4) is 11.5 Å². The number of halogens is 1. The maximum atomic E-state index is 13.1. The molecule has 0 radical (unpaired) electrons. The van der Waals surface area contributed by atoms with Crippen LogP contribution in [0.15, 0.2) is 70.9 Å². The van der Waals surface area contributed by atoms with Gasteiger partial charge in [-0.1, -0.05) is 18.2 Å². The van der Waals surface area contributed by atoms with Gasteiger partial charge in [-0.25, -0.2) is 9.18 Å². The molecule has 0 unspecified atom stereocenters. The monoisotopic (exact) mass is 464 g/mol. The van der Waals surface area contributed by atoms with Crippen LogP contribution in [-0.4, -0.2) is 29.4 Å². The first-order valence-electron chi connectivity index (χ1n) is 10.5. The predicted molar refractivity (Wildman–Crippen MR) is 119 cm³/mol. The van der Waals surface area contributed by atoms with Crippen molar-refractivity contribution in [3.63, 3.8) is 0 Å². The van der Waals surface area contributed by atoms with Crippen molar-refractivity contribution in [1.29, 1.82) is 0 Å². The molecule has 1 aromatic heterocycles. The fraction of sp³-hybridized carbons (Fsp3) is 0.160. The van der Waals surface area contributed by atoms with Gasteiger partial charge in [0.2, 0.25) is 0 Å². The lowest BCUT2D eigenvalue weighted by Gasteiger charge is -2.25. The average Bonchev–Trinajstić information content (AvgIpc) is 3.33. The molecule has 1 aliphatic heterocycles. The Balaban J connectivity index is 1.56. The average molecular weight is 464 g/mol. The molecular formula is C25H21FN2O6. The molecule has 0 bridgehead atoms. The van der Waals surface area contributed by atoms with Crippen molar-refractivity contribution in [2.45, 2.75) is 20.1 Å². The first-order chi connectivity index (χ1) is 16.4. The minimum absolute atomic E-state index is 0.108. The standard InChI is InChI=1S/C25H21FN2O6/c1-2-32-22-13-17(7-10-21(22)34-15-16-5-8-18(26)9-6-16)12-20-23(29)27-25(31)28(24(20)30)14-19-4-3-11-33-19/h3-13H,2,14-15H2,1H3,(H,27,29,31)/b20-12+. The molecule has 174 valence electrons. The third-order valence-corrected chi connectivity index (χ3v) is 4.97. The van der Waals surface area contributed by atoms with E-state index in [1.54, 1.807) is 42.5 Å². The molecule has 3 aromatic rings. The summed E-state index contributed by atoms with van der Waals surface area (Å²) >= 11 is 0. The number of hydrogen-bond acceptors (Lipinski definition) is 6. The normalized spacial score (nSPS) is 14.9. The van der Waals surface area contributed by atoms with Crippen LogP contribution in [0.4, 0.5) is 9.18 Å². The summed E-state index contributed by atoms with van der Waals surface area (Å²) in [7, 11) is 0. The van der Waals surface area contributed by atoms with E-state index >= 15 is 0 Å². The summed E-state index contributed by atoms with van der Waals surface area (Å²) in [6, 6.07) is 13.3. The predicted octanol–water partition coefficient (Wildman–Crippen LogP) is 4.06. The Morgan fingerprint density at radius 3 is 2.53 bits per heavy atom. The molecule has 8 nitrogen and oxygen atoms in total. The SMILES string of the molecule is CCOc1cc(/C=C2\C(=O)NC(=O)N(Cc3ccco3)C2=O)ccc1OCc1ccc(F)cc1. The summed E-state index contributed by atoms with van der Waals surface area (Å²) in [5.74, 6) is -0.603. The molecule has 0 spiro atoms. The van der Waals surface area contributed by atoms with Gasteiger partial charge in [0.05, 0.1) is 19.4 Å². The van der Waals surface area contributed by atoms with Gasteiger partial charge in [-0.2, -0.15) is 0 Å². The molecule has 2 heterocycles. The third-order valence-electron chi connectivity index (χ3n) is 4.97.